The molecule has 0 saturated carbocycles. The van der Waals surface area contributed by atoms with E-state index in [0.29, 0.717) is 18.4 Å². The molecule has 1 aliphatic heterocycles. The molecule has 1 aromatic rings. The summed E-state index contributed by atoms with van der Waals surface area (Å²) in [6.45, 7) is 6.70. The van der Waals surface area contributed by atoms with Crippen molar-refractivity contribution in [2.24, 2.45) is 0 Å². The third-order valence-corrected chi connectivity index (χ3v) is 3.00. The minimum Gasteiger partial charge on any atom is -0.481 e. The monoisotopic (exact) mass is 252 g/mol. The Bertz CT molecular complexity index is 375. The molecule has 1 fully saturated rings. The minimum atomic E-state index is 0.188. The summed E-state index contributed by atoms with van der Waals surface area (Å²) in [5, 5.41) is 3.18. The molecule has 1 saturated heterocycles. The molecule has 1 aliphatic rings. The Morgan fingerprint density at radius 3 is 3.28 bits per heavy atom. The van der Waals surface area contributed by atoms with Gasteiger partial charge in [0.2, 0.25) is 11.8 Å². The highest BCUT2D eigenvalue weighted by Gasteiger charge is 2.19. The number of hydrogen-bond donors (Lipinski definition) is 1. The van der Waals surface area contributed by atoms with E-state index in [1.807, 2.05) is 0 Å². The zero-order chi connectivity index (χ0) is 12.8. The molecule has 1 aromatic heterocycles. The van der Waals surface area contributed by atoms with Crippen LogP contribution in [0.2, 0.25) is 0 Å². The largest absolute Gasteiger partial charge is 0.481 e. The number of nitrogens with one attached hydrogen (secondary N) is 1. The van der Waals surface area contributed by atoms with E-state index in [1.54, 1.807) is 19.4 Å². The first-order valence-corrected chi connectivity index (χ1v) is 6.26. The van der Waals surface area contributed by atoms with Crippen LogP contribution in [-0.2, 0) is 4.74 Å². The van der Waals surface area contributed by atoms with Crippen LogP contribution >= 0.6 is 0 Å². The summed E-state index contributed by atoms with van der Waals surface area (Å²) in [6.07, 6.45) is 1.86. The Balaban J connectivity index is 1.83. The predicted octanol–water partition coefficient (Wildman–Crippen LogP) is 0.618. The van der Waals surface area contributed by atoms with Crippen LogP contribution < -0.4 is 10.1 Å². The van der Waals surface area contributed by atoms with Crippen LogP contribution in [0.5, 0.6) is 5.88 Å². The zero-order valence-corrected chi connectivity index (χ0v) is 10.9. The number of ether oxygens (including phenoxy) is 2. The summed E-state index contributed by atoms with van der Waals surface area (Å²) in [7, 11) is 1.59. The average molecular weight is 252 g/mol. The first-order chi connectivity index (χ1) is 8.81. The fourth-order valence-electron chi connectivity index (χ4n) is 1.94. The van der Waals surface area contributed by atoms with Gasteiger partial charge in [-0.2, -0.15) is 4.98 Å². The van der Waals surface area contributed by atoms with E-state index in [2.05, 4.69) is 27.1 Å². The number of rotatable bonds is 5. The lowest BCUT2D eigenvalue weighted by molar-refractivity contribution is -0.0192. The molecule has 0 radical (unpaired) electrons. The van der Waals surface area contributed by atoms with Gasteiger partial charge in [0.05, 0.1) is 19.8 Å². The summed E-state index contributed by atoms with van der Waals surface area (Å²) in [5.41, 5.74) is 0. The molecule has 2 heterocycles. The quantitative estimate of drug-likeness (QED) is 0.829. The van der Waals surface area contributed by atoms with Crippen molar-refractivity contribution < 1.29 is 9.47 Å². The van der Waals surface area contributed by atoms with Crippen molar-refractivity contribution in [3.63, 3.8) is 0 Å². The number of nitrogens with zero attached hydrogens (tertiary/aromatic N) is 3. The van der Waals surface area contributed by atoms with Gasteiger partial charge in [-0.25, -0.2) is 4.98 Å². The molecule has 2 rings (SSSR count). The Kier molecular flexibility index (Phi) is 4.72. The fraction of sp³-hybridized carbons (Fsp3) is 0.667. The van der Waals surface area contributed by atoms with E-state index in [-0.39, 0.29) is 6.10 Å². The van der Waals surface area contributed by atoms with E-state index in [9.17, 15) is 0 Å². The average Bonchev–Trinajstić information content (AvgIpc) is 2.45. The molecule has 6 heteroatoms. The number of methoxy groups -OCH3 is 1. The smallest absolute Gasteiger partial charge is 0.226 e. The van der Waals surface area contributed by atoms with E-state index in [0.717, 1.165) is 26.2 Å². The maximum absolute atomic E-state index is 5.70. The lowest BCUT2D eigenvalue weighted by Crippen LogP contribution is -2.45. The second-order valence-corrected chi connectivity index (χ2v) is 4.19. The molecule has 1 atom stereocenters. The van der Waals surface area contributed by atoms with Crippen molar-refractivity contribution in [2.75, 3.05) is 45.2 Å². The Morgan fingerprint density at radius 1 is 1.61 bits per heavy atom. The summed E-state index contributed by atoms with van der Waals surface area (Å²) < 4.78 is 10.7. The fourth-order valence-corrected chi connectivity index (χ4v) is 1.94. The minimum absolute atomic E-state index is 0.188. The summed E-state index contributed by atoms with van der Waals surface area (Å²) in [6, 6.07) is 1.72. The maximum atomic E-state index is 5.70. The molecule has 0 spiro atoms. The Morgan fingerprint density at radius 2 is 2.50 bits per heavy atom. The van der Waals surface area contributed by atoms with Crippen LogP contribution in [-0.4, -0.2) is 60.9 Å². The van der Waals surface area contributed by atoms with E-state index < -0.39 is 0 Å². The van der Waals surface area contributed by atoms with Gasteiger partial charge in [-0.1, -0.05) is 6.92 Å². The highest BCUT2D eigenvalue weighted by Crippen LogP contribution is 2.09. The molecule has 18 heavy (non-hydrogen) atoms. The predicted molar refractivity (Wildman–Crippen MR) is 68.9 cm³/mol. The van der Waals surface area contributed by atoms with Crippen molar-refractivity contribution in [1.29, 1.82) is 0 Å². The second-order valence-electron chi connectivity index (χ2n) is 4.19. The third-order valence-electron chi connectivity index (χ3n) is 3.00. The van der Waals surface area contributed by atoms with Crippen molar-refractivity contribution in [3.05, 3.63) is 12.3 Å². The van der Waals surface area contributed by atoms with Gasteiger partial charge in [-0.15, -0.1) is 0 Å². The summed E-state index contributed by atoms with van der Waals surface area (Å²) >= 11 is 0. The SMILES string of the molecule is CCN1CCOC(CNc2nccc(OC)n2)C1. The highest BCUT2D eigenvalue weighted by molar-refractivity contribution is 5.27. The first kappa shape index (κ1) is 13.0. The van der Waals surface area contributed by atoms with Crippen molar-refractivity contribution in [1.82, 2.24) is 14.9 Å². The molecule has 1 N–H and O–H groups in total. The molecule has 100 valence electrons. The number of aromatic nitrogens is 2. The topological polar surface area (TPSA) is 59.5 Å². The van der Waals surface area contributed by atoms with Gasteiger partial charge in [0.15, 0.2) is 0 Å². The number of morpholine rings is 1. The Labute approximate surface area is 107 Å². The highest BCUT2D eigenvalue weighted by atomic mass is 16.5. The van der Waals surface area contributed by atoms with Gasteiger partial charge < -0.3 is 14.8 Å². The third kappa shape index (κ3) is 3.54. The van der Waals surface area contributed by atoms with Gasteiger partial charge >= 0.3 is 0 Å². The molecular weight excluding hydrogens is 232 g/mol. The van der Waals surface area contributed by atoms with Crippen LogP contribution in [0.3, 0.4) is 0 Å². The number of likely N-dealkylation sites (N-methyl/N-ethyl adjacent to an activating group) is 1. The van der Waals surface area contributed by atoms with Gasteiger partial charge in [-0.3, -0.25) is 4.90 Å². The van der Waals surface area contributed by atoms with Crippen LogP contribution in [0.25, 0.3) is 0 Å². The van der Waals surface area contributed by atoms with Gasteiger partial charge in [0.1, 0.15) is 0 Å². The van der Waals surface area contributed by atoms with E-state index in [1.165, 1.54) is 0 Å². The van der Waals surface area contributed by atoms with Crippen molar-refractivity contribution >= 4 is 5.95 Å². The molecular formula is C12H20N4O2. The van der Waals surface area contributed by atoms with Gasteiger partial charge in [-0.05, 0) is 6.54 Å². The van der Waals surface area contributed by atoms with Crippen LogP contribution in [0, 0.1) is 0 Å². The van der Waals surface area contributed by atoms with Crippen LogP contribution in [0.1, 0.15) is 6.92 Å². The standard InChI is InChI=1S/C12H20N4O2/c1-3-16-6-7-18-10(9-16)8-14-12-13-5-4-11(15-12)17-2/h4-5,10H,3,6-9H2,1-2H3,(H,13,14,15). The van der Waals surface area contributed by atoms with Crippen molar-refractivity contribution in [2.45, 2.75) is 13.0 Å². The van der Waals surface area contributed by atoms with E-state index >= 15 is 0 Å². The molecule has 0 aliphatic carbocycles. The van der Waals surface area contributed by atoms with Gasteiger partial charge in [0.25, 0.3) is 0 Å². The summed E-state index contributed by atoms with van der Waals surface area (Å²) in [4.78, 5) is 10.7. The normalized spacial score (nSPS) is 20.7. The first-order valence-electron chi connectivity index (χ1n) is 6.26. The Hall–Kier alpha value is -1.40. The molecule has 6 nitrogen and oxygen atoms in total. The molecule has 0 aromatic carbocycles. The maximum Gasteiger partial charge on any atom is 0.226 e. The van der Waals surface area contributed by atoms with E-state index in [4.69, 9.17) is 9.47 Å². The zero-order valence-electron chi connectivity index (χ0n) is 10.9. The summed E-state index contributed by atoms with van der Waals surface area (Å²) in [5.74, 6) is 1.14. The van der Waals surface area contributed by atoms with Crippen molar-refractivity contribution in [3.8, 4) is 5.88 Å². The number of anilines is 1. The van der Waals surface area contributed by atoms with Crippen LogP contribution in [0.4, 0.5) is 5.95 Å². The van der Waals surface area contributed by atoms with Gasteiger partial charge in [0, 0.05) is 31.9 Å². The molecule has 0 bridgehead atoms. The molecule has 0 amide bonds. The number of hydrogen-bond acceptors (Lipinski definition) is 6. The molecule has 1 unspecified atom stereocenters. The lowest BCUT2D eigenvalue weighted by atomic mass is 10.2. The van der Waals surface area contributed by atoms with Crippen LogP contribution in [0.15, 0.2) is 12.3 Å². The second kappa shape index (κ2) is 6.51. The lowest BCUT2D eigenvalue weighted by Gasteiger charge is -2.32.